The lowest BCUT2D eigenvalue weighted by atomic mass is 9.99. The molecule has 1 aliphatic heterocycles. The van der Waals surface area contributed by atoms with Gasteiger partial charge >= 0.3 is 11.9 Å². The summed E-state index contributed by atoms with van der Waals surface area (Å²) in [5, 5.41) is 0. The predicted octanol–water partition coefficient (Wildman–Crippen LogP) is 4.07. The third kappa shape index (κ3) is 4.79. The van der Waals surface area contributed by atoms with Gasteiger partial charge in [0.2, 0.25) is 5.95 Å². The maximum Gasteiger partial charge on any atom is 0.425 e. The van der Waals surface area contributed by atoms with Crippen LogP contribution in [0.5, 0.6) is 5.75 Å². The van der Waals surface area contributed by atoms with Gasteiger partial charge in [-0.1, -0.05) is 18.2 Å². The van der Waals surface area contributed by atoms with Crippen molar-refractivity contribution >= 4 is 22.9 Å². The van der Waals surface area contributed by atoms with Gasteiger partial charge < -0.3 is 9.64 Å². The van der Waals surface area contributed by atoms with E-state index in [2.05, 4.69) is 16.0 Å². The van der Waals surface area contributed by atoms with Crippen molar-refractivity contribution in [2.24, 2.45) is 0 Å². The van der Waals surface area contributed by atoms with Gasteiger partial charge in [0, 0.05) is 18.0 Å². The lowest BCUT2D eigenvalue weighted by Crippen LogP contribution is -2.33. The average Bonchev–Trinajstić information content (AvgIpc) is 3.25. The number of hydrogen-bond donors (Lipinski definition) is 0. The fraction of sp³-hybridized carbons (Fsp3) is 0.286. The summed E-state index contributed by atoms with van der Waals surface area (Å²) < 4.78 is 44.7. The van der Waals surface area contributed by atoms with E-state index in [1.165, 1.54) is 22.5 Å². The summed E-state index contributed by atoms with van der Waals surface area (Å²) in [4.78, 5) is 22.3. The minimum atomic E-state index is -4.39. The van der Waals surface area contributed by atoms with E-state index >= 15 is 0 Å². The molecule has 10 heteroatoms. The highest BCUT2D eigenvalue weighted by Crippen LogP contribution is 2.34. The molecule has 1 aliphatic rings. The fourth-order valence-corrected chi connectivity index (χ4v) is 4.20. The Morgan fingerprint density at radius 2 is 2.06 bits per heavy atom. The van der Waals surface area contributed by atoms with Gasteiger partial charge in [0.05, 0.1) is 13.7 Å². The van der Waals surface area contributed by atoms with E-state index in [-0.39, 0.29) is 6.54 Å². The van der Waals surface area contributed by atoms with E-state index in [1.807, 2.05) is 29.2 Å². The Kier molecular flexibility index (Phi) is 5.81. The van der Waals surface area contributed by atoms with Crippen LogP contribution in [0.15, 0.2) is 53.6 Å². The van der Waals surface area contributed by atoms with Crippen LogP contribution in [0, 0.1) is 0 Å². The van der Waals surface area contributed by atoms with Gasteiger partial charge in [-0.05, 0) is 41.8 Å². The molecular weight excluding hydrogens is 429 g/mol. The van der Waals surface area contributed by atoms with E-state index in [0.29, 0.717) is 35.3 Å². The molecule has 0 radical (unpaired) electrons. The normalized spacial score (nSPS) is 14.5. The fourth-order valence-electron chi connectivity index (χ4n) is 3.33. The van der Waals surface area contributed by atoms with Crippen molar-refractivity contribution in [2.45, 2.75) is 19.1 Å². The molecule has 2 aromatic heterocycles. The van der Waals surface area contributed by atoms with E-state index in [9.17, 15) is 18.0 Å². The summed E-state index contributed by atoms with van der Waals surface area (Å²) in [6, 6.07) is 10.2. The second kappa shape index (κ2) is 8.54. The molecule has 31 heavy (non-hydrogen) atoms. The zero-order chi connectivity index (χ0) is 22.0. The van der Waals surface area contributed by atoms with Gasteiger partial charge in [-0.2, -0.15) is 18.2 Å². The standard InChI is InChI=1S/C21H19F3N4O2S/c1-30-16-4-2-3-15(11-16)14-7-9-27(10-8-14)19-25-13-28(20(29)26-19)12-17-5-6-18(31-17)21(22,23)24/h2-7,11,13H,8-10,12H2,1H3. The van der Waals surface area contributed by atoms with Gasteiger partial charge in [-0.25, -0.2) is 9.78 Å². The van der Waals surface area contributed by atoms with Crippen LogP contribution in [-0.2, 0) is 12.7 Å². The summed E-state index contributed by atoms with van der Waals surface area (Å²) in [6.45, 7) is 1.20. The monoisotopic (exact) mass is 448 g/mol. The predicted molar refractivity (Wildman–Crippen MR) is 113 cm³/mol. The molecule has 0 atom stereocenters. The van der Waals surface area contributed by atoms with Crippen LogP contribution in [-0.4, -0.2) is 34.7 Å². The molecular formula is C21H19F3N4O2S. The molecule has 3 heterocycles. The smallest absolute Gasteiger partial charge is 0.425 e. The van der Waals surface area contributed by atoms with Gasteiger partial charge in [-0.3, -0.25) is 4.57 Å². The summed E-state index contributed by atoms with van der Waals surface area (Å²) >= 11 is 0.609. The van der Waals surface area contributed by atoms with Crippen LogP contribution < -0.4 is 15.3 Å². The number of nitrogens with zero attached hydrogens (tertiary/aromatic N) is 4. The molecule has 0 aliphatic carbocycles. The zero-order valence-electron chi connectivity index (χ0n) is 16.6. The van der Waals surface area contributed by atoms with Crippen molar-refractivity contribution in [3.05, 3.63) is 74.6 Å². The van der Waals surface area contributed by atoms with Crippen LogP contribution in [0.3, 0.4) is 0 Å². The zero-order valence-corrected chi connectivity index (χ0v) is 17.4. The molecule has 162 valence electrons. The minimum absolute atomic E-state index is 0.000247. The third-order valence-corrected chi connectivity index (χ3v) is 6.07. The van der Waals surface area contributed by atoms with Crippen molar-refractivity contribution in [1.29, 1.82) is 0 Å². The molecule has 0 spiro atoms. The summed E-state index contributed by atoms with van der Waals surface area (Å²) in [7, 11) is 1.63. The van der Waals surface area contributed by atoms with Crippen molar-refractivity contribution in [1.82, 2.24) is 14.5 Å². The van der Waals surface area contributed by atoms with E-state index in [1.54, 1.807) is 7.11 Å². The number of methoxy groups -OCH3 is 1. The molecule has 0 N–H and O–H groups in total. The van der Waals surface area contributed by atoms with Crippen molar-refractivity contribution in [3.8, 4) is 5.75 Å². The van der Waals surface area contributed by atoms with Crippen LogP contribution in [0.4, 0.5) is 19.1 Å². The lowest BCUT2D eigenvalue weighted by Gasteiger charge is -2.26. The van der Waals surface area contributed by atoms with Gasteiger partial charge in [0.1, 0.15) is 17.0 Å². The third-order valence-electron chi connectivity index (χ3n) is 4.95. The first-order valence-electron chi connectivity index (χ1n) is 9.51. The van der Waals surface area contributed by atoms with E-state index in [4.69, 9.17) is 4.74 Å². The summed E-state index contributed by atoms with van der Waals surface area (Å²) in [5.41, 5.74) is 1.72. The maximum atomic E-state index is 12.8. The number of rotatable bonds is 5. The number of ether oxygens (including phenoxy) is 1. The Morgan fingerprint density at radius 3 is 2.71 bits per heavy atom. The number of thiophene rings is 1. The van der Waals surface area contributed by atoms with Gasteiger partial charge in [0.25, 0.3) is 0 Å². The molecule has 3 aromatic rings. The highest BCUT2D eigenvalue weighted by Gasteiger charge is 2.32. The number of anilines is 1. The number of hydrogen-bond acceptors (Lipinski definition) is 6. The summed E-state index contributed by atoms with van der Waals surface area (Å²) in [5.74, 6) is 1.10. The molecule has 0 saturated heterocycles. The molecule has 1 aromatic carbocycles. The van der Waals surface area contributed by atoms with Crippen molar-refractivity contribution in [2.75, 3.05) is 25.1 Å². The first-order valence-corrected chi connectivity index (χ1v) is 10.3. The Balaban J connectivity index is 1.45. The van der Waals surface area contributed by atoms with E-state index < -0.39 is 16.7 Å². The van der Waals surface area contributed by atoms with Crippen LogP contribution in [0.2, 0.25) is 0 Å². The quantitative estimate of drug-likeness (QED) is 0.589. The number of benzene rings is 1. The number of alkyl halides is 3. The largest absolute Gasteiger partial charge is 0.497 e. The van der Waals surface area contributed by atoms with E-state index in [0.717, 1.165) is 23.8 Å². The number of aromatic nitrogens is 3. The van der Waals surface area contributed by atoms with Gasteiger partial charge in [-0.15, -0.1) is 11.3 Å². The Labute approximate surface area is 180 Å². The first-order chi connectivity index (χ1) is 14.8. The van der Waals surface area contributed by atoms with Crippen molar-refractivity contribution < 1.29 is 17.9 Å². The van der Waals surface area contributed by atoms with Crippen molar-refractivity contribution in [3.63, 3.8) is 0 Å². The second-order valence-corrected chi connectivity index (χ2v) is 8.16. The molecule has 0 saturated carbocycles. The average molecular weight is 448 g/mol. The SMILES string of the molecule is COc1cccc(C2=CCN(c3ncn(Cc4ccc(C(F)(F)F)s4)c(=O)n3)CC2)c1. The molecule has 0 fully saturated rings. The first kappa shape index (κ1) is 21.1. The molecule has 0 unspecified atom stereocenters. The van der Waals surface area contributed by atoms with Crippen LogP contribution >= 0.6 is 11.3 Å². The molecule has 0 bridgehead atoms. The lowest BCUT2D eigenvalue weighted by molar-refractivity contribution is -0.134. The molecule has 4 rings (SSSR count). The summed E-state index contributed by atoms with van der Waals surface area (Å²) in [6.07, 6.45) is -0.231. The second-order valence-electron chi connectivity index (χ2n) is 6.99. The Morgan fingerprint density at radius 1 is 1.23 bits per heavy atom. The Bertz CT molecular complexity index is 1170. The van der Waals surface area contributed by atoms with Crippen LogP contribution in [0.1, 0.15) is 21.7 Å². The topological polar surface area (TPSA) is 60.2 Å². The van der Waals surface area contributed by atoms with Crippen LogP contribution in [0.25, 0.3) is 5.57 Å². The molecule has 0 amide bonds. The Hall–Kier alpha value is -3.14. The highest BCUT2D eigenvalue weighted by molar-refractivity contribution is 7.12. The van der Waals surface area contributed by atoms with Gasteiger partial charge in [0.15, 0.2) is 0 Å². The highest BCUT2D eigenvalue weighted by atomic mass is 32.1. The number of halogens is 3. The minimum Gasteiger partial charge on any atom is -0.497 e. The molecule has 6 nitrogen and oxygen atoms in total. The maximum absolute atomic E-state index is 12.8.